The normalized spacial score (nSPS) is 19.8. The number of rotatable bonds is 8. The molecule has 1 aromatic rings. The molecule has 1 amide bonds. The molecule has 6 nitrogen and oxygen atoms in total. The van der Waals surface area contributed by atoms with Gasteiger partial charge in [0.25, 0.3) is 6.47 Å². The molecule has 0 spiro atoms. The van der Waals surface area contributed by atoms with Crippen molar-refractivity contribution in [2.75, 3.05) is 6.54 Å². The van der Waals surface area contributed by atoms with E-state index in [0.717, 1.165) is 43.9 Å². The van der Waals surface area contributed by atoms with Crippen molar-refractivity contribution in [2.45, 2.75) is 117 Å². The molecule has 2 heterocycles. The summed E-state index contributed by atoms with van der Waals surface area (Å²) < 4.78 is 39.1. The molecule has 1 aromatic heterocycles. The Labute approximate surface area is 220 Å². The average molecular weight is 530 g/mol. The zero-order valence-electron chi connectivity index (χ0n) is 23.1. The Hall–Kier alpha value is -2.16. The number of carbonyl (C=O) groups is 2. The molecule has 1 fully saturated rings. The molecule has 0 radical (unpaired) electrons. The van der Waals surface area contributed by atoms with Crippen LogP contribution in [0.25, 0.3) is 0 Å². The van der Waals surface area contributed by atoms with Crippen LogP contribution in [0.1, 0.15) is 103 Å². The number of nitrogens with zero attached hydrogens (tertiary/aromatic N) is 2. The average Bonchev–Trinajstić information content (AvgIpc) is 3.32. The number of pyridine rings is 1. The lowest BCUT2D eigenvalue weighted by Crippen LogP contribution is -2.40. The minimum Gasteiger partial charge on any atom is -0.483 e. The van der Waals surface area contributed by atoms with E-state index < -0.39 is 11.7 Å². The van der Waals surface area contributed by atoms with Crippen LogP contribution in [0.2, 0.25) is 0 Å². The Balaban J connectivity index is 0.00000104. The molecule has 1 aliphatic heterocycles. The lowest BCUT2D eigenvalue weighted by molar-refractivity contribution is -0.138. The summed E-state index contributed by atoms with van der Waals surface area (Å²) in [7, 11) is 0. The standard InChI is InChI=1S/C24H36F3N3O.C3H8.CH2O2/c1-4-17(5-2)7-6-16(3)29-21-9-8-18(13-21)23(31)30-11-10-22-19(15-30)12-20(14-28-22)24(25,26)27;1-3-2;2-1-3/h12,14,16-18,21,29H,4-11,13,15H2,1-3H3;3H2,1-2H3;1H,(H,2,3). The topological polar surface area (TPSA) is 82.5 Å². The smallest absolute Gasteiger partial charge is 0.417 e. The number of hydrogen-bond donors (Lipinski definition) is 2. The fourth-order valence-electron chi connectivity index (χ4n) is 5.05. The van der Waals surface area contributed by atoms with Crippen LogP contribution in [-0.2, 0) is 28.7 Å². The van der Waals surface area contributed by atoms with Gasteiger partial charge in [-0.25, -0.2) is 0 Å². The first-order valence-electron chi connectivity index (χ1n) is 13.7. The quantitative estimate of drug-likeness (QED) is 0.378. The summed E-state index contributed by atoms with van der Waals surface area (Å²) in [6.07, 6.45) is 5.73. The number of carboxylic acid groups (broad SMARTS) is 1. The lowest BCUT2D eigenvalue weighted by atomic mass is 9.95. The van der Waals surface area contributed by atoms with Crippen molar-refractivity contribution < 1.29 is 27.9 Å². The van der Waals surface area contributed by atoms with E-state index in [1.54, 1.807) is 4.90 Å². The van der Waals surface area contributed by atoms with Gasteiger partial charge in [0.1, 0.15) is 0 Å². The van der Waals surface area contributed by atoms with Gasteiger partial charge in [-0.2, -0.15) is 13.2 Å². The van der Waals surface area contributed by atoms with Gasteiger partial charge in [0.15, 0.2) is 0 Å². The van der Waals surface area contributed by atoms with Crippen molar-refractivity contribution in [1.82, 2.24) is 15.2 Å². The number of aromatic nitrogens is 1. The number of halogens is 3. The first-order valence-corrected chi connectivity index (χ1v) is 13.7. The number of alkyl halides is 3. The van der Waals surface area contributed by atoms with Crippen LogP contribution < -0.4 is 5.32 Å². The molecule has 9 heteroatoms. The van der Waals surface area contributed by atoms with Crippen LogP contribution in [0.4, 0.5) is 13.2 Å². The first kappa shape index (κ1) is 32.9. The summed E-state index contributed by atoms with van der Waals surface area (Å²) >= 11 is 0. The van der Waals surface area contributed by atoms with E-state index in [2.05, 4.69) is 44.9 Å². The van der Waals surface area contributed by atoms with E-state index in [-0.39, 0.29) is 24.8 Å². The van der Waals surface area contributed by atoms with Gasteiger partial charge >= 0.3 is 6.18 Å². The van der Waals surface area contributed by atoms with E-state index in [9.17, 15) is 18.0 Å². The number of fused-ring (bicyclic) bond motifs is 1. The molecule has 0 bridgehead atoms. The molecule has 0 aromatic carbocycles. The zero-order chi connectivity index (χ0) is 28.0. The molecular formula is C28H46F3N3O3. The Kier molecular flexibility index (Phi) is 14.8. The van der Waals surface area contributed by atoms with Crippen LogP contribution in [-0.4, -0.2) is 46.0 Å². The maximum atomic E-state index is 13.1. The summed E-state index contributed by atoms with van der Waals surface area (Å²) in [5, 5.41) is 10.6. The Morgan fingerprint density at radius 2 is 1.84 bits per heavy atom. The molecule has 212 valence electrons. The highest BCUT2D eigenvalue weighted by atomic mass is 19.4. The molecule has 3 atom stereocenters. The highest BCUT2D eigenvalue weighted by Gasteiger charge is 2.36. The van der Waals surface area contributed by atoms with E-state index in [1.165, 1.54) is 25.7 Å². The van der Waals surface area contributed by atoms with Gasteiger partial charge in [-0.05, 0) is 56.6 Å². The van der Waals surface area contributed by atoms with Gasteiger partial charge in [0.2, 0.25) is 5.91 Å². The van der Waals surface area contributed by atoms with Crippen LogP contribution in [0.5, 0.6) is 0 Å². The summed E-state index contributed by atoms with van der Waals surface area (Å²) in [6.45, 7) is 11.5. The molecular weight excluding hydrogens is 483 g/mol. The van der Waals surface area contributed by atoms with Gasteiger partial charge in [-0.15, -0.1) is 0 Å². The van der Waals surface area contributed by atoms with Gasteiger partial charge in [-0.1, -0.05) is 47.0 Å². The highest BCUT2D eigenvalue weighted by Crippen LogP contribution is 2.33. The summed E-state index contributed by atoms with van der Waals surface area (Å²) in [5.41, 5.74) is 0.458. The van der Waals surface area contributed by atoms with Crippen molar-refractivity contribution in [3.05, 3.63) is 29.1 Å². The van der Waals surface area contributed by atoms with Crippen LogP contribution in [0.15, 0.2) is 12.3 Å². The third kappa shape index (κ3) is 11.0. The molecule has 0 saturated heterocycles. The molecule has 1 saturated carbocycles. The minimum absolute atomic E-state index is 0.0379. The molecule has 3 rings (SSSR count). The van der Waals surface area contributed by atoms with E-state index in [4.69, 9.17) is 9.90 Å². The van der Waals surface area contributed by atoms with Crippen LogP contribution in [0.3, 0.4) is 0 Å². The minimum atomic E-state index is -4.41. The van der Waals surface area contributed by atoms with Crippen LogP contribution >= 0.6 is 0 Å². The maximum absolute atomic E-state index is 13.1. The van der Waals surface area contributed by atoms with E-state index in [1.807, 2.05) is 0 Å². The molecule has 2 aliphatic rings. The third-order valence-corrected chi connectivity index (χ3v) is 7.14. The van der Waals surface area contributed by atoms with E-state index in [0.29, 0.717) is 36.3 Å². The fraction of sp³-hybridized carbons (Fsp3) is 0.750. The number of nitrogens with one attached hydrogen (secondary N) is 1. The molecule has 3 unspecified atom stereocenters. The second-order valence-corrected chi connectivity index (χ2v) is 10.2. The van der Waals surface area contributed by atoms with Gasteiger partial charge < -0.3 is 15.3 Å². The van der Waals surface area contributed by atoms with Crippen molar-refractivity contribution in [3.8, 4) is 0 Å². The predicted octanol–water partition coefficient (Wildman–Crippen LogP) is 6.47. The summed E-state index contributed by atoms with van der Waals surface area (Å²) in [6, 6.07) is 1.94. The second-order valence-electron chi connectivity index (χ2n) is 10.2. The van der Waals surface area contributed by atoms with Crippen molar-refractivity contribution in [3.63, 3.8) is 0 Å². The Morgan fingerprint density at radius 3 is 2.41 bits per heavy atom. The Morgan fingerprint density at radius 1 is 1.22 bits per heavy atom. The fourth-order valence-corrected chi connectivity index (χ4v) is 5.05. The highest BCUT2D eigenvalue weighted by molar-refractivity contribution is 5.79. The summed E-state index contributed by atoms with van der Waals surface area (Å²) in [5.74, 6) is 0.831. The summed E-state index contributed by atoms with van der Waals surface area (Å²) in [4.78, 5) is 27.2. The zero-order valence-corrected chi connectivity index (χ0v) is 23.1. The molecule has 1 aliphatic carbocycles. The van der Waals surface area contributed by atoms with Gasteiger partial charge in [0.05, 0.1) is 5.56 Å². The first-order chi connectivity index (χ1) is 17.5. The van der Waals surface area contributed by atoms with Crippen molar-refractivity contribution in [2.24, 2.45) is 11.8 Å². The van der Waals surface area contributed by atoms with Gasteiger partial charge in [-0.3, -0.25) is 14.6 Å². The van der Waals surface area contributed by atoms with E-state index >= 15 is 0 Å². The largest absolute Gasteiger partial charge is 0.483 e. The number of carbonyl (C=O) groups excluding carboxylic acids is 1. The van der Waals surface area contributed by atoms with Crippen molar-refractivity contribution in [1.29, 1.82) is 0 Å². The second kappa shape index (κ2) is 16.6. The lowest BCUT2D eigenvalue weighted by Gasteiger charge is -2.31. The predicted molar refractivity (Wildman–Crippen MR) is 140 cm³/mol. The third-order valence-electron chi connectivity index (χ3n) is 7.14. The van der Waals surface area contributed by atoms with Crippen LogP contribution in [0, 0.1) is 11.8 Å². The molecule has 37 heavy (non-hydrogen) atoms. The molecule has 2 N–H and O–H groups in total. The monoisotopic (exact) mass is 529 g/mol. The SMILES string of the molecule is CCC.CCC(CC)CCC(C)NC1CCC(C(=O)N2CCc3ncc(C(F)(F)F)cc3C2)C1.O=CO. The number of amides is 1. The van der Waals surface area contributed by atoms with Crippen molar-refractivity contribution >= 4 is 12.4 Å². The van der Waals surface area contributed by atoms with Gasteiger partial charge in [0, 0.05) is 49.4 Å². The maximum Gasteiger partial charge on any atom is 0.417 e. The number of hydrogen-bond acceptors (Lipinski definition) is 4. The Bertz CT molecular complexity index is 816.